The molecule has 1 aliphatic heterocycles. The van der Waals surface area contributed by atoms with Gasteiger partial charge in [0.1, 0.15) is 5.60 Å². The normalized spacial score (nSPS) is 17.0. The number of rotatable bonds is 4. The third-order valence-electron chi connectivity index (χ3n) is 4.67. The fourth-order valence-corrected chi connectivity index (χ4v) is 3.44. The molecule has 2 heterocycles. The van der Waals surface area contributed by atoms with Crippen molar-refractivity contribution >= 4 is 22.8 Å². The Kier molecular flexibility index (Phi) is 5.67. The van der Waals surface area contributed by atoms with Crippen LogP contribution in [0.15, 0.2) is 29.1 Å². The third-order valence-corrected chi connectivity index (χ3v) is 4.67. The summed E-state index contributed by atoms with van der Waals surface area (Å²) in [7, 11) is 0. The van der Waals surface area contributed by atoms with Gasteiger partial charge in [0, 0.05) is 24.5 Å². The van der Waals surface area contributed by atoms with Crippen LogP contribution in [-0.4, -0.2) is 51.8 Å². The van der Waals surface area contributed by atoms with Crippen molar-refractivity contribution in [1.82, 2.24) is 20.4 Å². The number of carbonyl (C=O) groups excluding carboxylic acids is 2. The van der Waals surface area contributed by atoms with Crippen LogP contribution in [0.2, 0.25) is 0 Å². The van der Waals surface area contributed by atoms with Gasteiger partial charge < -0.3 is 15.0 Å². The van der Waals surface area contributed by atoms with E-state index in [1.165, 1.54) is 0 Å². The molecule has 1 aliphatic rings. The molecule has 1 fully saturated rings. The van der Waals surface area contributed by atoms with Gasteiger partial charge in [-0.15, -0.1) is 0 Å². The first-order valence-corrected chi connectivity index (χ1v) is 9.47. The molecule has 0 radical (unpaired) electrons. The minimum atomic E-state index is -0.563. The lowest BCUT2D eigenvalue weighted by Crippen LogP contribution is -2.45. The van der Waals surface area contributed by atoms with Crippen molar-refractivity contribution in [3.63, 3.8) is 0 Å². The standard InChI is InChI=1S/C20H26N4O4/c1-20(2,3)28-19(27)21-12-13-7-6-10-24(13)17(25)11-16-14-8-4-5-9-15(14)18(26)23-22-16/h4-5,8-9,13H,6-7,10-12H2,1-3H3,(H,21,27)(H,23,26). The van der Waals surface area contributed by atoms with Crippen LogP contribution in [0.5, 0.6) is 0 Å². The molecule has 0 aliphatic carbocycles. The summed E-state index contributed by atoms with van der Waals surface area (Å²) in [6.45, 7) is 6.40. The Bertz CT molecular complexity index is 932. The van der Waals surface area contributed by atoms with E-state index in [0.717, 1.165) is 12.8 Å². The van der Waals surface area contributed by atoms with E-state index in [1.807, 2.05) is 6.07 Å². The molecular weight excluding hydrogens is 360 g/mol. The van der Waals surface area contributed by atoms with E-state index in [2.05, 4.69) is 15.5 Å². The lowest BCUT2D eigenvalue weighted by Gasteiger charge is -2.26. The zero-order valence-electron chi connectivity index (χ0n) is 16.4. The van der Waals surface area contributed by atoms with Gasteiger partial charge in [0.15, 0.2) is 0 Å². The SMILES string of the molecule is CC(C)(C)OC(=O)NCC1CCCN1C(=O)Cc1n[nH]c(=O)c2ccccc12. The number of carbonyl (C=O) groups is 2. The van der Waals surface area contributed by atoms with E-state index in [9.17, 15) is 14.4 Å². The molecule has 8 heteroatoms. The molecule has 2 aromatic rings. The van der Waals surface area contributed by atoms with Gasteiger partial charge in [-0.05, 0) is 39.7 Å². The summed E-state index contributed by atoms with van der Waals surface area (Å²) in [6.07, 6.45) is 1.31. The molecule has 1 atom stereocenters. The molecule has 2 N–H and O–H groups in total. The van der Waals surface area contributed by atoms with Gasteiger partial charge in [0.05, 0.1) is 17.5 Å². The Labute approximate surface area is 163 Å². The lowest BCUT2D eigenvalue weighted by molar-refractivity contribution is -0.131. The first kappa shape index (κ1) is 19.9. The number of H-pyrrole nitrogens is 1. The van der Waals surface area contributed by atoms with Gasteiger partial charge in [0.2, 0.25) is 5.91 Å². The van der Waals surface area contributed by atoms with Gasteiger partial charge in [-0.3, -0.25) is 9.59 Å². The number of nitrogens with one attached hydrogen (secondary N) is 2. The number of aromatic nitrogens is 2. The minimum absolute atomic E-state index is 0.0711. The Morgan fingerprint density at radius 1 is 1.29 bits per heavy atom. The van der Waals surface area contributed by atoms with Crippen molar-refractivity contribution in [1.29, 1.82) is 0 Å². The number of alkyl carbamates (subject to hydrolysis) is 1. The van der Waals surface area contributed by atoms with Crippen LogP contribution in [0.1, 0.15) is 39.3 Å². The second-order valence-electron chi connectivity index (χ2n) is 7.99. The smallest absolute Gasteiger partial charge is 0.407 e. The molecular formula is C20H26N4O4. The van der Waals surface area contributed by atoms with Gasteiger partial charge in [-0.2, -0.15) is 5.10 Å². The van der Waals surface area contributed by atoms with E-state index < -0.39 is 11.7 Å². The fraction of sp³-hybridized carbons (Fsp3) is 0.500. The largest absolute Gasteiger partial charge is 0.444 e. The summed E-state index contributed by atoms with van der Waals surface area (Å²) in [4.78, 5) is 38.4. The number of likely N-dealkylation sites (tertiary alicyclic amines) is 1. The maximum atomic E-state index is 12.9. The lowest BCUT2D eigenvalue weighted by atomic mass is 10.1. The van der Waals surface area contributed by atoms with Gasteiger partial charge in [-0.25, -0.2) is 9.89 Å². The highest BCUT2D eigenvalue weighted by Gasteiger charge is 2.30. The number of aromatic amines is 1. The predicted octanol–water partition coefficient (Wildman–Crippen LogP) is 1.98. The van der Waals surface area contributed by atoms with Crippen molar-refractivity contribution in [3.05, 3.63) is 40.3 Å². The summed E-state index contributed by atoms with van der Waals surface area (Å²) in [5.74, 6) is -0.0711. The highest BCUT2D eigenvalue weighted by atomic mass is 16.6. The molecule has 0 saturated carbocycles. The Hall–Kier alpha value is -2.90. The number of ether oxygens (including phenoxy) is 1. The third kappa shape index (κ3) is 4.68. The topological polar surface area (TPSA) is 104 Å². The highest BCUT2D eigenvalue weighted by Crippen LogP contribution is 2.20. The number of hydrogen-bond acceptors (Lipinski definition) is 5. The molecule has 0 bridgehead atoms. The summed E-state index contributed by atoms with van der Waals surface area (Å²) in [5.41, 5.74) is -0.287. The summed E-state index contributed by atoms with van der Waals surface area (Å²) >= 11 is 0. The van der Waals surface area contributed by atoms with Crippen molar-refractivity contribution in [2.75, 3.05) is 13.1 Å². The molecule has 28 heavy (non-hydrogen) atoms. The Morgan fingerprint density at radius 3 is 2.71 bits per heavy atom. The van der Waals surface area contributed by atoms with Crippen molar-refractivity contribution in [2.24, 2.45) is 0 Å². The van der Waals surface area contributed by atoms with Gasteiger partial charge in [0.25, 0.3) is 5.56 Å². The van der Waals surface area contributed by atoms with E-state index in [4.69, 9.17) is 4.74 Å². The fourth-order valence-electron chi connectivity index (χ4n) is 3.44. The van der Waals surface area contributed by atoms with E-state index >= 15 is 0 Å². The van der Waals surface area contributed by atoms with E-state index in [1.54, 1.807) is 43.9 Å². The second kappa shape index (κ2) is 8.00. The molecule has 1 aromatic heterocycles. The van der Waals surface area contributed by atoms with Crippen LogP contribution in [0.25, 0.3) is 10.8 Å². The van der Waals surface area contributed by atoms with Crippen LogP contribution < -0.4 is 10.9 Å². The molecule has 0 spiro atoms. The average molecular weight is 386 g/mol. The predicted molar refractivity (Wildman–Crippen MR) is 105 cm³/mol. The Balaban J connectivity index is 1.66. The van der Waals surface area contributed by atoms with Crippen LogP contribution >= 0.6 is 0 Å². The molecule has 1 aromatic carbocycles. The molecule has 1 saturated heterocycles. The monoisotopic (exact) mass is 386 g/mol. The number of benzene rings is 1. The van der Waals surface area contributed by atoms with E-state index in [0.29, 0.717) is 29.6 Å². The molecule has 3 rings (SSSR count). The zero-order valence-corrected chi connectivity index (χ0v) is 16.4. The number of amides is 2. The summed E-state index contributed by atoms with van der Waals surface area (Å²) in [5, 5.41) is 10.5. The first-order valence-electron chi connectivity index (χ1n) is 9.47. The van der Waals surface area contributed by atoms with Crippen LogP contribution in [-0.2, 0) is 16.0 Å². The van der Waals surface area contributed by atoms with Crippen LogP contribution in [0.4, 0.5) is 4.79 Å². The summed E-state index contributed by atoms with van der Waals surface area (Å²) in [6, 6.07) is 7.04. The highest BCUT2D eigenvalue weighted by molar-refractivity contribution is 5.88. The van der Waals surface area contributed by atoms with Gasteiger partial charge >= 0.3 is 6.09 Å². The number of nitrogens with zero attached hydrogens (tertiary/aromatic N) is 2. The maximum Gasteiger partial charge on any atom is 0.407 e. The average Bonchev–Trinajstić information content (AvgIpc) is 3.10. The molecule has 2 amide bonds. The minimum Gasteiger partial charge on any atom is -0.444 e. The number of hydrogen-bond donors (Lipinski definition) is 2. The van der Waals surface area contributed by atoms with Gasteiger partial charge in [-0.1, -0.05) is 18.2 Å². The molecule has 1 unspecified atom stereocenters. The van der Waals surface area contributed by atoms with E-state index in [-0.39, 0.29) is 23.9 Å². The molecule has 150 valence electrons. The maximum absolute atomic E-state index is 12.9. The first-order chi connectivity index (χ1) is 13.2. The van der Waals surface area contributed by atoms with Crippen molar-refractivity contribution in [3.8, 4) is 0 Å². The number of fused-ring (bicyclic) bond motifs is 1. The van der Waals surface area contributed by atoms with Crippen LogP contribution in [0.3, 0.4) is 0 Å². The van der Waals surface area contributed by atoms with Crippen molar-refractivity contribution < 1.29 is 14.3 Å². The quantitative estimate of drug-likeness (QED) is 0.836. The summed E-state index contributed by atoms with van der Waals surface area (Å²) < 4.78 is 5.25. The van der Waals surface area contributed by atoms with Crippen LogP contribution in [0, 0.1) is 0 Å². The van der Waals surface area contributed by atoms with Crippen molar-refractivity contribution in [2.45, 2.75) is 51.7 Å². The second-order valence-corrected chi connectivity index (χ2v) is 7.99. The zero-order chi connectivity index (χ0) is 20.3. The Morgan fingerprint density at radius 2 is 2.00 bits per heavy atom. The molecule has 8 nitrogen and oxygen atoms in total.